The third kappa shape index (κ3) is 3.84. The van der Waals surface area contributed by atoms with Crippen LogP contribution in [0, 0.1) is 6.92 Å². The minimum absolute atomic E-state index is 0.0793. The zero-order chi connectivity index (χ0) is 16.1. The van der Waals surface area contributed by atoms with Crippen LogP contribution < -0.4 is 16.4 Å². The highest BCUT2D eigenvalue weighted by Crippen LogP contribution is 2.22. The minimum atomic E-state index is -0.285. The summed E-state index contributed by atoms with van der Waals surface area (Å²) in [6, 6.07) is 12.0. The second-order valence-electron chi connectivity index (χ2n) is 4.72. The van der Waals surface area contributed by atoms with Gasteiger partial charge in [0.05, 0.1) is 17.1 Å². The molecule has 22 heavy (non-hydrogen) atoms. The number of carbonyl (C=O) groups excluding carboxylic acids is 2. The lowest BCUT2D eigenvalue weighted by atomic mass is 10.1. The van der Waals surface area contributed by atoms with E-state index < -0.39 is 0 Å². The van der Waals surface area contributed by atoms with Crippen LogP contribution in [0.2, 0.25) is 5.02 Å². The highest BCUT2D eigenvalue weighted by molar-refractivity contribution is 6.34. The van der Waals surface area contributed by atoms with Crippen molar-refractivity contribution >= 4 is 34.8 Å². The van der Waals surface area contributed by atoms with Crippen molar-refractivity contribution in [2.24, 2.45) is 5.73 Å². The first-order valence-corrected chi connectivity index (χ1v) is 7.05. The first-order valence-electron chi connectivity index (χ1n) is 6.67. The van der Waals surface area contributed by atoms with Gasteiger partial charge in [-0.25, -0.2) is 0 Å². The van der Waals surface area contributed by atoms with Gasteiger partial charge in [-0.2, -0.15) is 0 Å². The van der Waals surface area contributed by atoms with E-state index in [0.717, 1.165) is 5.56 Å². The molecule has 2 aromatic rings. The van der Waals surface area contributed by atoms with Crippen molar-refractivity contribution in [2.45, 2.75) is 6.92 Å². The van der Waals surface area contributed by atoms with E-state index in [-0.39, 0.29) is 18.4 Å². The second kappa shape index (κ2) is 7.06. The first kappa shape index (κ1) is 16.0. The Morgan fingerprint density at radius 2 is 1.86 bits per heavy atom. The summed E-state index contributed by atoms with van der Waals surface area (Å²) in [7, 11) is 0. The lowest BCUT2D eigenvalue weighted by molar-refractivity contribution is -0.114. The molecular weight excluding hydrogens is 302 g/mol. The monoisotopic (exact) mass is 317 g/mol. The van der Waals surface area contributed by atoms with E-state index >= 15 is 0 Å². The topological polar surface area (TPSA) is 84.2 Å². The predicted molar refractivity (Wildman–Crippen MR) is 88.3 cm³/mol. The fourth-order valence-corrected chi connectivity index (χ4v) is 2.15. The van der Waals surface area contributed by atoms with E-state index in [1.807, 2.05) is 6.92 Å². The number of aryl methyl sites for hydroxylation is 1. The molecule has 0 unspecified atom stereocenters. The number of anilines is 2. The van der Waals surface area contributed by atoms with Crippen molar-refractivity contribution in [3.05, 3.63) is 58.6 Å². The summed E-state index contributed by atoms with van der Waals surface area (Å²) in [4.78, 5) is 23.5. The summed E-state index contributed by atoms with van der Waals surface area (Å²) < 4.78 is 0. The number of halogens is 1. The van der Waals surface area contributed by atoms with Gasteiger partial charge in [0.1, 0.15) is 0 Å². The van der Waals surface area contributed by atoms with E-state index in [1.54, 1.807) is 42.5 Å². The quantitative estimate of drug-likeness (QED) is 0.810. The van der Waals surface area contributed by atoms with Gasteiger partial charge < -0.3 is 16.4 Å². The number of nitrogens with one attached hydrogen (secondary N) is 2. The molecule has 4 N–H and O–H groups in total. The molecule has 6 heteroatoms. The van der Waals surface area contributed by atoms with E-state index in [9.17, 15) is 9.59 Å². The second-order valence-corrected chi connectivity index (χ2v) is 5.12. The highest BCUT2D eigenvalue weighted by Gasteiger charge is 2.11. The van der Waals surface area contributed by atoms with Gasteiger partial charge in [-0.1, -0.05) is 23.7 Å². The fourth-order valence-electron chi connectivity index (χ4n) is 1.93. The third-order valence-corrected chi connectivity index (χ3v) is 3.39. The molecule has 0 fully saturated rings. The highest BCUT2D eigenvalue weighted by atomic mass is 35.5. The molecule has 114 valence electrons. The van der Waals surface area contributed by atoms with Crippen molar-refractivity contribution < 1.29 is 9.59 Å². The summed E-state index contributed by atoms with van der Waals surface area (Å²) in [6.07, 6.45) is 0. The molecule has 0 spiro atoms. The number of benzene rings is 2. The molecule has 2 amide bonds. The van der Waals surface area contributed by atoms with Crippen LogP contribution in [0.4, 0.5) is 11.4 Å². The molecule has 0 saturated heterocycles. The largest absolute Gasteiger partial charge is 0.325 e. The number of hydrogen-bond acceptors (Lipinski definition) is 3. The number of nitrogens with two attached hydrogens (primary N) is 1. The first-order chi connectivity index (χ1) is 10.5. The van der Waals surface area contributed by atoms with Crippen molar-refractivity contribution in [1.29, 1.82) is 0 Å². The normalized spacial score (nSPS) is 10.1. The van der Waals surface area contributed by atoms with Gasteiger partial charge in [-0.05, 0) is 42.8 Å². The van der Waals surface area contributed by atoms with Crippen LogP contribution >= 0.6 is 11.6 Å². The van der Waals surface area contributed by atoms with Crippen molar-refractivity contribution in [3.8, 4) is 0 Å². The Morgan fingerprint density at radius 3 is 2.50 bits per heavy atom. The van der Waals surface area contributed by atoms with Crippen LogP contribution in [0.15, 0.2) is 42.5 Å². The molecule has 0 atom stereocenters. The third-order valence-electron chi connectivity index (χ3n) is 3.06. The number of amides is 2. The molecule has 0 aliphatic rings. The number of carbonyl (C=O) groups is 2. The Labute approximate surface area is 133 Å². The van der Waals surface area contributed by atoms with Gasteiger partial charge in [-0.3, -0.25) is 9.59 Å². The van der Waals surface area contributed by atoms with E-state index in [2.05, 4.69) is 10.6 Å². The van der Waals surface area contributed by atoms with Crippen LogP contribution in [0.25, 0.3) is 0 Å². The molecule has 2 aromatic carbocycles. The summed E-state index contributed by atoms with van der Waals surface area (Å²) in [6.45, 7) is 1.75. The Hall–Kier alpha value is -2.37. The predicted octanol–water partition coefficient (Wildman–Crippen LogP) is 2.80. The Kier molecular flexibility index (Phi) is 5.14. The van der Waals surface area contributed by atoms with Crippen LogP contribution in [-0.2, 0) is 4.79 Å². The lowest BCUT2D eigenvalue weighted by Gasteiger charge is -2.11. The Bertz CT molecular complexity index is 716. The van der Waals surface area contributed by atoms with Gasteiger partial charge in [0.25, 0.3) is 5.91 Å². The standard InChI is InChI=1S/C16H16ClN3O2/c1-10-8-11(19-15(21)9-18)6-7-14(10)20-16(22)12-4-2-3-5-13(12)17/h2-8H,9,18H2,1H3,(H,19,21)(H,20,22). The maximum Gasteiger partial charge on any atom is 0.257 e. The molecule has 0 aromatic heterocycles. The lowest BCUT2D eigenvalue weighted by Crippen LogP contribution is -2.22. The SMILES string of the molecule is Cc1cc(NC(=O)CN)ccc1NC(=O)c1ccccc1Cl. The molecule has 0 aliphatic heterocycles. The zero-order valence-corrected chi connectivity index (χ0v) is 12.8. The van der Waals surface area contributed by atoms with Crippen molar-refractivity contribution in [2.75, 3.05) is 17.2 Å². The summed E-state index contributed by atoms with van der Waals surface area (Å²) >= 11 is 6.00. The van der Waals surface area contributed by atoms with E-state index in [1.165, 1.54) is 0 Å². The number of rotatable bonds is 4. The summed E-state index contributed by atoms with van der Waals surface area (Å²) in [5.41, 5.74) is 7.75. The summed E-state index contributed by atoms with van der Waals surface area (Å²) in [5.74, 6) is -0.556. The van der Waals surface area contributed by atoms with Crippen LogP contribution in [0.3, 0.4) is 0 Å². The molecule has 0 saturated carbocycles. The number of hydrogen-bond donors (Lipinski definition) is 3. The van der Waals surface area contributed by atoms with E-state index in [4.69, 9.17) is 17.3 Å². The zero-order valence-electron chi connectivity index (χ0n) is 12.0. The van der Waals surface area contributed by atoms with Crippen LogP contribution in [-0.4, -0.2) is 18.4 Å². The molecule has 0 heterocycles. The van der Waals surface area contributed by atoms with Gasteiger partial charge in [0, 0.05) is 11.4 Å². The van der Waals surface area contributed by atoms with Gasteiger partial charge in [-0.15, -0.1) is 0 Å². The smallest absolute Gasteiger partial charge is 0.257 e. The van der Waals surface area contributed by atoms with Gasteiger partial charge >= 0.3 is 0 Å². The average molecular weight is 318 g/mol. The van der Waals surface area contributed by atoms with Crippen molar-refractivity contribution in [3.63, 3.8) is 0 Å². The van der Waals surface area contributed by atoms with Gasteiger partial charge in [0.15, 0.2) is 0 Å². The molecule has 5 nitrogen and oxygen atoms in total. The molecule has 2 rings (SSSR count). The molecule has 0 bridgehead atoms. The molecular formula is C16H16ClN3O2. The maximum absolute atomic E-state index is 12.2. The maximum atomic E-state index is 12.2. The van der Waals surface area contributed by atoms with Gasteiger partial charge in [0.2, 0.25) is 5.91 Å². The Balaban J connectivity index is 2.15. The minimum Gasteiger partial charge on any atom is -0.325 e. The summed E-state index contributed by atoms with van der Waals surface area (Å²) in [5, 5.41) is 5.85. The van der Waals surface area contributed by atoms with Crippen LogP contribution in [0.1, 0.15) is 15.9 Å². The molecule has 0 radical (unpaired) electrons. The average Bonchev–Trinajstić information content (AvgIpc) is 2.50. The molecule has 0 aliphatic carbocycles. The van der Waals surface area contributed by atoms with E-state index in [0.29, 0.717) is 22.0 Å². The fraction of sp³-hybridized carbons (Fsp3) is 0.125. The van der Waals surface area contributed by atoms with Crippen molar-refractivity contribution in [1.82, 2.24) is 0 Å². The van der Waals surface area contributed by atoms with Crippen LogP contribution in [0.5, 0.6) is 0 Å². The Morgan fingerprint density at radius 1 is 1.14 bits per heavy atom.